The summed E-state index contributed by atoms with van der Waals surface area (Å²) in [5.41, 5.74) is 1.34. The van der Waals surface area contributed by atoms with Crippen molar-refractivity contribution in [2.24, 2.45) is 5.92 Å². The zero-order valence-corrected chi connectivity index (χ0v) is 23.9. The van der Waals surface area contributed by atoms with Crippen LogP contribution in [-0.4, -0.2) is 76.5 Å². The van der Waals surface area contributed by atoms with E-state index < -0.39 is 5.60 Å². The molecule has 0 saturated carbocycles. The molecule has 0 bridgehead atoms. The van der Waals surface area contributed by atoms with Crippen LogP contribution < -0.4 is 10.2 Å². The molecule has 1 aromatic carbocycles. The number of pyridine rings is 1. The molecular formula is C30H38N6O2S. The van der Waals surface area contributed by atoms with E-state index in [1.807, 2.05) is 37.4 Å². The second kappa shape index (κ2) is 11.0. The smallest absolute Gasteiger partial charge is 0.164 e. The number of aromatic nitrogens is 3. The molecule has 206 valence electrons. The van der Waals surface area contributed by atoms with Crippen molar-refractivity contribution in [2.45, 2.75) is 45.8 Å². The van der Waals surface area contributed by atoms with Gasteiger partial charge in [0, 0.05) is 48.2 Å². The van der Waals surface area contributed by atoms with Gasteiger partial charge in [0.05, 0.1) is 29.0 Å². The summed E-state index contributed by atoms with van der Waals surface area (Å²) in [6.07, 6.45) is 3.96. The number of rotatable bonds is 7. The van der Waals surface area contributed by atoms with Crippen LogP contribution in [-0.2, 0) is 11.3 Å². The molecule has 0 spiro atoms. The molecule has 2 N–H and O–H groups in total. The molecule has 39 heavy (non-hydrogen) atoms. The largest absolute Gasteiger partial charge is 0.390 e. The first-order valence-electron chi connectivity index (χ1n) is 14.1. The zero-order chi connectivity index (χ0) is 27.0. The van der Waals surface area contributed by atoms with Crippen LogP contribution in [0.2, 0.25) is 0 Å². The zero-order valence-electron chi connectivity index (χ0n) is 23.1. The van der Waals surface area contributed by atoms with Gasteiger partial charge >= 0.3 is 0 Å². The highest BCUT2D eigenvalue weighted by Crippen LogP contribution is 2.38. The third kappa shape index (κ3) is 5.45. The summed E-state index contributed by atoms with van der Waals surface area (Å²) in [4.78, 5) is 21.2. The minimum absolute atomic E-state index is 0.361. The van der Waals surface area contributed by atoms with Gasteiger partial charge in [0.2, 0.25) is 0 Å². The number of aliphatic hydroxyl groups is 1. The molecule has 0 amide bonds. The van der Waals surface area contributed by atoms with Gasteiger partial charge in [-0.2, -0.15) is 0 Å². The fraction of sp³-hybridized carbons (Fsp3) is 0.500. The minimum atomic E-state index is -0.605. The minimum Gasteiger partial charge on any atom is -0.390 e. The lowest BCUT2D eigenvalue weighted by atomic mass is 9.83. The third-order valence-corrected chi connectivity index (χ3v) is 9.17. The van der Waals surface area contributed by atoms with Crippen LogP contribution in [0.15, 0.2) is 36.5 Å². The molecule has 2 saturated heterocycles. The summed E-state index contributed by atoms with van der Waals surface area (Å²) < 4.78 is 6.80. The number of fused-ring (bicyclic) bond motifs is 2. The molecule has 6 rings (SSSR count). The summed E-state index contributed by atoms with van der Waals surface area (Å²) in [6.45, 7) is 12.7. The molecule has 0 aliphatic carbocycles. The molecule has 9 heteroatoms. The fourth-order valence-corrected chi connectivity index (χ4v) is 7.00. The first-order valence-corrected chi connectivity index (χ1v) is 14.9. The van der Waals surface area contributed by atoms with Crippen molar-refractivity contribution >= 4 is 44.0 Å². The van der Waals surface area contributed by atoms with Crippen molar-refractivity contribution in [1.29, 1.82) is 0 Å². The number of benzene rings is 1. The Kier molecular flexibility index (Phi) is 7.41. The molecular weight excluding hydrogens is 508 g/mol. The standard InChI is InChI=1S/C30H38N6O2S/c1-4-31-27-23-8-6-5-7-22(23)24(18-32-27)28-33-25-17-21(19-35-11-9-20(10-12-35)30(2,3)37)39-26(25)29(34-28)36-13-15-38-16-14-36/h5-8,17-18,20,37H,4,9-16,19H2,1-3H3,(H,31,32). The van der Waals surface area contributed by atoms with E-state index in [1.165, 1.54) is 4.88 Å². The summed E-state index contributed by atoms with van der Waals surface area (Å²) >= 11 is 1.81. The highest BCUT2D eigenvalue weighted by molar-refractivity contribution is 7.19. The van der Waals surface area contributed by atoms with Crippen LogP contribution >= 0.6 is 11.3 Å². The molecule has 3 aromatic heterocycles. The first-order chi connectivity index (χ1) is 18.9. The highest BCUT2D eigenvalue weighted by Gasteiger charge is 2.31. The van der Waals surface area contributed by atoms with Gasteiger partial charge in [-0.3, -0.25) is 4.90 Å². The van der Waals surface area contributed by atoms with Crippen molar-refractivity contribution in [3.05, 3.63) is 41.4 Å². The highest BCUT2D eigenvalue weighted by atomic mass is 32.1. The van der Waals surface area contributed by atoms with E-state index in [4.69, 9.17) is 19.7 Å². The van der Waals surface area contributed by atoms with Gasteiger partial charge in [-0.05, 0) is 64.1 Å². The number of hydrogen-bond donors (Lipinski definition) is 2. The van der Waals surface area contributed by atoms with Crippen LogP contribution in [0.25, 0.3) is 32.4 Å². The fourth-order valence-electron chi connectivity index (χ4n) is 5.85. The monoisotopic (exact) mass is 546 g/mol. The Labute approximate surface area is 234 Å². The summed E-state index contributed by atoms with van der Waals surface area (Å²) in [5, 5.41) is 16.0. The molecule has 2 fully saturated rings. The number of anilines is 2. The SMILES string of the molecule is CCNc1ncc(-c2nc(N3CCOCC3)c3sc(CN4CCC(C(C)(C)O)CC4)cc3n2)c2ccccc12. The van der Waals surface area contributed by atoms with Gasteiger partial charge in [-0.1, -0.05) is 24.3 Å². The van der Waals surface area contributed by atoms with Gasteiger partial charge in [0.15, 0.2) is 11.6 Å². The number of piperidine rings is 1. The van der Waals surface area contributed by atoms with Gasteiger partial charge in [-0.25, -0.2) is 15.0 Å². The van der Waals surface area contributed by atoms with E-state index in [0.29, 0.717) is 25.0 Å². The quantitative estimate of drug-likeness (QED) is 0.329. The Bertz CT molecular complexity index is 1450. The van der Waals surface area contributed by atoms with Crippen LogP contribution in [0, 0.1) is 5.92 Å². The van der Waals surface area contributed by atoms with Gasteiger partial charge < -0.3 is 20.1 Å². The van der Waals surface area contributed by atoms with Gasteiger partial charge in [0.25, 0.3) is 0 Å². The van der Waals surface area contributed by atoms with Crippen molar-refractivity contribution in [2.75, 3.05) is 56.2 Å². The maximum absolute atomic E-state index is 10.4. The number of likely N-dealkylation sites (tertiary alicyclic amines) is 1. The maximum atomic E-state index is 10.4. The molecule has 8 nitrogen and oxygen atoms in total. The molecule has 5 heterocycles. The lowest BCUT2D eigenvalue weighted by molar-refractivity contribution is -0.0134. The number of thiophene rings is 1. The Morgan fingerprint density at radius 3 is 2.54 bits per heavy atom. The second-order valence-corrected chi connectivity index (χ2v) is 12.3. The molecule has 4 aromatic rings. The molecule has 0 radical (unpaired) electrons. The Morgan fingerprint density at radius 2 is 1.82 bits per heavy atom. The lowest BCUT2D eigenvalue weighted by Crippen LogP contribution is -2.41. The molecule has 0 unspecified atom stereocenters. The predicted molar refractivity (Wildman–Crippen MR) is 160 cm³/mol. The summed E-state index contributed by atoms with van der Waals surface area (Å²) in [5.74, 6) is 2.96. The topological polar surface area (TPSA) is 86.6 Å². The van der Waals surface area contributed by atoms with Gasteiger partial charge in [0.1, 0.15) is 5.82 Å². The Morgan fingerprint density at radius 1 is 1.08 bits per heavy atom. The van der Waals surface area contributed by atoms with Crippen LogP contribution in [0.4, 0.5) is 11.6 Å². The summed E-state index contributed by atoms with van der Waals surface area (Å²) in [6, 6.07) is 10.6. The number of nitrogens with one attached hydrogen (secondary N) is 1. The average molecular weight is 547 g/mol. The van der Waals surface area contributed by atoms with Crippen molar-refractivity contribution in [3.8, 4) is 11.4 Å². The normalized spacial score (nSPS) is 17.8. The van der Waals surface area contributed by atoms with E-state index in [9.17, 15) is 5.11 Å². The van der Waals surface area contributed by atoms with Crippen molar-refractivity contribution in [3.63, 3.8) is 0 Å². The van der Waals surface area contributed by atoms with Crippen LogP contribution in [0.1, 0.15) is 38.5 Å². The van der Waals surface area contributed by atoms with Crippen LogP contribution in [0.5, 0.6) is 0 Å². The molecule has 2 aliphatic heterocycles. The summed E-state index contributed by atoms with van der Waals surface area (Å²) in [7, 11) is 0. The second-order valence-electron chi connectivity index (χ2n) is 11.2. The maximum Gasteiger partial charge on any atom is 0.164 e. The average Bonchev–Trinajstić information content (AvgIpc) is 3.35. The van der Waals surface area contributed by atoms with Crippen molar-refractivity contribution < 1.29 is 9.84 Å². The third-order valence-electron chi connectivity index (χ3n) is 8.06. The van der Waals surface area contributed by atoms with E-state index >= 15 is 0 Å². The number of ether oxygens (including phenoxy) is 1. The van der Waals surface area contributed by atoms with E-state index in [2.05, 4.69) is 46.3 Å². The molecule has 0 atom stereocenters. The first kappa shape index (κ1) is 26.4. The van der Waals surface area contributed by atoms with E-state index in [0.717, 1.165) is 90.3 Å². The number of hydrogen-bond acceptors (Lipinski definition) is 9. The lowest BCUT2D eigenvalue weighted by Gasteiger charge is -2.37. The molecule has 2 aliphatic rings. The van der Waals surface area contributed by atoms with Crippen molar-refractivity contribution in [1.82, 2.24) is 19.9 Å². The van der Waals surface area contributed by atoms with E-state index in [-0.39, 0.29) is 0 Å². The Hall–Kier alpha value is -2.85. The number of morpholine rings is 1. The Balaban J connectivity index is 1.37. The van der Waals surface area contributed by atoms with E-state index in [1.54, 1.807) is 0 Å². The van der Waals surface area contributed by atoms with Gasteiger partial charge in [-0.15, -0.1) is 11.3 Å². The predicted octanol–water partition coefficient (Wildman–Crippen LogP) is 5.16. The number of nitrogens with zero attached hydrogens (tertiary/aromatic N) is 5. The van der Waals surface area contributed by atoms with Crippen LogP contribution in [0.3, 0.4) is 0 Å².